The Kier molecular flexibility index (Phi) is 4.56. The highest BCUT2D eigenvalue weighted by Crippen LogP contribution is 2.36. The zero-order valence-corrected chi connectivity index (χ0v) is 14.5. The first-order valence-electron chi connectivity index (χ1n) is 7.18. The molecule has 2 aromatic rings. The molecule has 1 aromatic heterocycles. The summed E-state index contributed by atoms with van der Waals surface area (Å²) < 4.78 is 24.8. The SMILES string of the molecule is Cc1ccc(NC(=O)CSc2nnnn2C2CC2)cc1S(N)(=O)=O. The fraction of sp³-hybridized carbons (Fsp3) is 0.385. The number of hydrogen-bond donors (Lipinski definition) is 2. The largest absolute Gasteiger partial charge is 0.325 e. The van der Waals surface area contributed by atoms with Crippen molar-refractivity contribution < 1.29 is 13.2 Å². The molecule has 1 aliphatic rings. The minimum absolute atomic E-state index is 0.00868. The predicted octanol–water partition coefficient (Wildman–Crippen LogP) is 0.695. The molecule has 0 bridgehead atoms. The third-order valence-electron chi connectivity index (χ3n) is 3.47. The summed E-state index contributed by atoms with van der Waals surface area (Å²) in [7, 11) is -3.83. The lowest BCUT2D eigenvalue weighted by atomic mass is 10.2. The third kappa shape index (κ3) is 3.91. The predicted molar refractivity (Wildman–Crippen MR) is 88.0 cm³/mol. The van der Waals surface area contributed by atoms with E-state index in [1.165, 1.54) is 17.8 Å². The van der Waals surface area contributed by atoms with E-state index in [4.69, 9.17) is 5.14 Å². The van der Waals surface area contributed by atoms with E-state index in [0.717, 1.165) is 12.8 Å². The molecule has 3 N–H and O–H groups in total. The van der Waals surface area contributed by atoms with E-state index in [0.29, 0.717) is 22.4 Å². The number of benzene rings is 1. The Bertz CT molecular complexity index is 876. The smallest absolute Gasteiger partial charge is 0.238 e. The number of amides is 1. The standard InChI is InChI=1S/C13H16N6O3S2/c1-8-2-3-9(6-11(8)24(14,21)22)15-12(20)7-23-13-16-17-18-19(13)10-4-5-10/h2-3,6,10H,4-5,7H2,1H3,(H,15,20)(H2,14,21,22). The van der Waals surface area contributed by atoms with Crippen LogP contribution in [0.3, 0.4) is 0 Å². The summed E-state index contributed by atoms with van der Waals surface area (Å²) in [5.74, 6) is -0.166. The van der Waals surface area contributed by atoms with Gasteiger partial charge in [0.05, 0.1) is 16.7 Å². The molecule has 11 heteroatoms. The second-order valence-corrected chi connectivity index (χ2v) is 7.97. The number of anilines is 1. The van der Waals surface area contributed by atoms with E-state index in [-0.39, 0.29) is 16.6 Å². The monoisotopic (exact) mass is 368 g/mol. The summed E-state index contributed by atoms with van der Waals surface area (Å²) >= 11 is 1.23. The van der Waals surface area contributed by atoms with Crippen molar-refractivity contribution in [2.24, 2.45) is 5.14 Å². The molecule has 0 radical (unpaired) electrons. The molecule has 24 heavy (non-hydrogen) atoms. The van der Waals surface area contributed by atoms with Crippen molar-refractivity contribution >= 4 is 33.4 Å². The van der Waals surface area contributed by atoms with Crippen LogP contribution in [0.15, 0.2) is 28.3 Å². The van der Waals surface area contributed by atoms with Crippen LogP contribution in [0.2, 0.25) is 0 Å². The van der Waals surface area contributed by atoms with Gasteiger partial charge in [-0.2, -0.15) is 0 Å². The molecular formula is C13H16N6O3S2. The van der Waals surface area contributed by atoms with E-state index >= 15 is 0 Å². The van der Waals surface area contributed by atoms with Crippen molar-refractivity contribution in [3.05, 3.63) is 23.8 Å². The number of rotatable bonds is 6. The van der Waals surface area contributed by atoms with Gasteiger partial charge in [-0.1, -0.05) is 17.8 Å². The third-order valence-corrected chi connectivity index (χ3v) is 5.45. The summed E-state index contributed by atoms with van der Waals surface area (Å²) in [4.78, 5) is 12.1. The number of sulfonamides is 1. The van der Waals surface area contributed by atoms with Gasteiger partial charge in [0.1, 0.15) is 0 Å². The molecule has 0 aliphatic heterocycles. The van der Waals surface area contributed by atoms with Gasteiger partial charge in [0.25, 0.3) is 0 Å². The molecule has 1 heterocycles. The number of carbonyl (C=O) groups is 1. The number of aryl methyl sites for hydroxylation is 1. The van der Waals surface area contributed by atoms with Gasteiger partial charge in [-0.15, -0.1) is 5.10 Å². The van der Waals surface area contributed by atoms with Gasteiger partial charge in [0.15, 0.2) is 0 Å². The molecule has 1 amide bonds. The number of tetrazole rings is 1. The highest BCUT2D eigenvalue weighted by atomic mass is 32.2. The molecule has 1 aliphatic carbocycles. The lowest BCUT2D eigenvalue weighted by molar-refractivity contribution is -0.113. The van der Waals surface area contributed by atoms with E-state index in [1.54, 1.807) is 23.7 Å². The number of thioether (sulfide) groups is 1. The second-order valence-electron chi connectivity index (χ2n) is 5.50. The molecule has 1 fully saturated rings. The van der Waals surface area contributed by atoms with Crippen molar-refractivity contribution in [1.29, 1.82) is 0 Å². The number of nitrogens with zero attached hydrogens (tertiary/aromatic N) is 4. The fourth-order valence-corrected chi connectivity index (χ4v) is 3.69. The number of aromatic nitrogens is 4. The van der Waals surface area contributed by atoms with Crippen LogP contribution in [0, 0.1) is 6.92 Å². The maximum Gasteiger partial charge on any atom is 0.238 e. The zero-order valence-electron chi connectivity index (χ0n) is 12.8. The Labute approximate surface area is 143 Å². The first-order valence-corrected chi connectivity index (χ1v) is 9.72. The summed E-state index contributed by atoms with van der Waals surface area (Å²) in [5.41, 5.74) is 0.894. The summed E-state index contributed by atoms with van der Waals surface area (Å²) in [6, 6.07) is 4.90. The Morgan fingerprint density at radius 2 is 2.21 bits per heavy atom. The van der Waals surface area contributed by atoms with Crippen LogP contribution in [0.25, 0.3) is 0 Å². The van der Waals surface area contributed by atoms with Crippen LogP contribution < -0.4 is 10.5 Å². The highest BCUT2D eigenvalue weighted by Gasteiger charge is 2.28. The molecule has 9 nitrogen and oxygen atoms in total. The van der Waals surface area contributed by atoms with Gasteiger partial charge < -0.3 is 5.32 Å². The van der Waals surface area contributed by atoms with Crippen LogP contribution in [0.5, 0.6) is 0 Å². The summed E-state index contributed by atoms with van der Waals surface area (Å²) in [5, 5.41) is 19.8. The van der Waals surface area contributed by atoms with E-state index in [2.05, 4.69) is 20.8 Å². The normalized spacial score (nSPS) is 14.6. The Morgan fingerprint density at radius 3 is 2.88 bits per heavy atom. The molecular weight excluding hydrogens is 352 g/mol. The quantitative estimate of drug-likeness (QED) is 0.717. The molecule has 0 saturated heterocycles. The second kappa shape index (κ2) is 6.49. The van der Waals surface area contributed by atoms with Crippen molar-refractivity contribution in [3.63, 3.8) is 0 Å². The Morgan fingerprint density at radius 1 is 1.46 bits per heavy atom. The average molecular weight is 368 g/mol. The first-order chi connectivity index (χ1) is 11.3. The van der Waals surface area contributed by atoms with Gasteiger partial charge in [0, 0.05) is 5.69 Å². The number of carbonyl (C=O) groups excluding carboxylic acids is 1. The Balaban J connectivity index is 1.64. The first kappa shape index (κ1) is 16.9. The van der Waals surface area contributed by atoms with Crippen LogP contribution in [0.4, 0.5) is 5.69 Å². The van der Waals surface area contributed by atoms with E-state index in [9.17, 15) is 13.2 Å². The van der Waals surface area contributed by atoms with Gasteiger partial charge in [-0.05, 0) is 47.9 Å². The van der Waals surface area contributed by atoms with Gasteiger partial charge in [0.2, 0.25) is 21.1 Å². The molecule has 0 unspecified atom stereocenters. The van der Waals surface area contributed by atoms with Gasteiger partial charge in [-0.3, -0.25) is 4.79 Å². The maximum atomic E-state index is 12.1. The van der Waals surface area contributed by atoms with Crippen molar-refractivity contribution in [2.45, 2.75) is 35.9 Å². The molecule has 128 valence electrons. The average Bonchev–Trinajstić information content (AvgIpc) is 3.24. The highest BCUT2D eigenvalue weighted by molar-refractivity contribution is 7.99. The van der Waals surface area contributed by atoms with Crippen molar-refractivity contribution in [2.75, 3.05) is 11.1 Å². The molecule has 3 rings (SSSR count). The van der Waals surface area contributed by atoms with E-state index in [1.807, 2.05) is 0 Å². The molecule has 0 spiro atoms. The fourth-order valence-electron chi connectivity index (χ4n) is 2.14. The Hall–Kier alpha value is -1.98. The lowest BCUT2D eigenvalue weighted by Gasteiger charge is -2.09. The van der Waals surface area contributed by atoms with Crippen LogP contribution in [0.1, 0.15) is 24.4 Å². The van der Waals surface area contributed by atoms with Crippen LogP contribution in [-0.2, 0) is 14.8 Å². The lowest BCUT2D eigenvalue weighted by Crippen LogP contribution is -2.17. The zero-order chi connectivity index (χ0) is 17.3. The van der Waals surface area contributed by atoms with Gasteiger partial charge >= 0.3 is 0 Å². The molecule has 0 atom stereocenters. The van der Waals surface area contributed by atoms with E-state index < -0.39 is 10.0 Å². The van der Waals surface area contributed by atoms with Crippen molar-refractivity contribution in [1.82, 2.24) is 20.2 Å². The minimum atomic E-state index is -3.83. The molecule has 1 saturated carbocycles. The summed E-state index contributed by atoms with van der Waals surface area (Å²) in [6.07, 6.45) is 2.09. The van der Waals surface area contributed by atoms with Gasteiger partial charge in [-0.25, -0.2) is 18.2 Å². The topological polar surface area (TPSA) is 133 Å². The number of nitrogens with two attached hydrogens (primary N) is 1. The van der Waals surface area contributed by atoms with Crippen molar-refractivity contribution in [3.8, 4) is 0 Å². The number of nitrogens with one attached hydrogen (secondary N) is 1. The molecule has 1 aromatic carbocycles. The summed E-state index contributed by atoms with van der Waals surface area (Å²) in [6.45, 7) is 1.64. The number of hydrogen-bond acceptors (Lipinski definition) is 7. The maximum absolute atomic E-state index is 12.1. The minimum Gasteiger partial charge on any atom is -0.325 e. The van der Waals surface area contributed by atoms with Crippen LogP contribution in [-0.4, -0.2) is 40.3 Å². The van der Waals surface area contributed by atoms with Crippen LogP contribution >= 0.6 is 11.8 Å². The number of primary sulfonamides is 1.